The summed E-state index contributed by atoms with van der Waals surface area (Å²) in [5.74, 6) is 1.58. The summed E-state index contributed by atoms with van der Waals surface area (Å²) in [5.41, 5.74) is 0. The fourth-order valence-corrected chi connectivity index (χ4v) is 1.05. The van der Waals surface area contributed by atoms with Gasteiger partial charge < -0.3 is 14.6 Å². The summed E-state index contributed by atoms with van der Waals surface area (Å²) in [6, 6.07) is 7.36. The lowest BCUT2D eigenvalue weighted by Crippen LogP contribution is -2.15. The largest absolute Gasteiger partial charge is 0.494 e. The third-order valence-electron chi connectivity index (χ3n) is 1.73. The maximum absolute atomic E-state index is 8.79. The van der Waals surface area contributed by atoms with Crippen LogP contribution in [-0.2, 0) is 0 Å². The van der Waals surface area contributed by atoms with Gasteiger partial charge in [0.05, 0.1) is 13.2 Å². The van der Waals surface area contributed by atoms with Crippen molar-refractivity contribution in [3.05, 3.63) is 24.3 Å². The lowest BCUT2D eigenvalue weighted by atomic mass is 10.3. The Labute approximate surface area is 84.3 Å². The molecule has 0 aliphatic carbocycles. The predicted octanol–water partition coefficient (Wildman–Crippen LogP) is 1.84. The molecule has 0 amide bonds. The maximum Gasteiger partial charge on any atom is 0.120 e. The van der Waals surface area contributed by atoms with E-state index in [2.05, 4.69) is 0 Å². The fourth-order valence-electron chi connectivity index (χ4n) is 1.05. The van der Waals surface area contributed by atoms with Crippen molar-refractivity contribution in [3.8, 4) is 11.5 Å². The molecule has 0 spiro atoms. The molecule has 1 N–H and O–H groups in total. The van der Waals surface area contributed by atoms with E-state index in [1.54, 1.807) is 0 Å². The van der Waals surface area contributed by atoms with Crippen LogP contribution in [0.25, 0.3) is 0 Å². The van der Waals surface area contributed by atoms with Gasteiger partial charge in [-0.2, -0.15) is 0 Å². The highest BCUT2D eigenvalue weighted by Gasteiger charge is 2.01. The Balaban J connectivity index is 2.54. The van der Waals surface area contributed by atoms with Gasteiger partial charge in [0, 0.05) is 0 Å². The Morgan fingerprint density at radius 2 is 1.79 bits per heavy atom. The molecule has 0 fully saturated rings. The van der Waals surface area contributed by atoms with Crippen LogP contribution < -0.4 is 9.47 Å². The van der Waals surface area contributed by atoms with Crippen LogP contribution in [0.1, 0.15) is 13.8 Å². The average Bonchev–Trinajstić information content (AvgIpc) is 2.21. The van der Waals surface area contributed by atoms with Crippen molar-refractivity contribution < 1.29 is 14.6 Å². The second kappa shape index (κ2) is 5.50. The van der Waals surface area contributed by atoms with Crippen LogP contribution in [0.3, 0.4) is 0 Å². The van der Waals surface area contributed by atoms with Gasteiger partial charge in [0.1, 0.15) is 17.6 Å². The number of aliphatic hydroxyl groups is 1. The molecule has 0 radical (unpaired) electrons. The van der Waals surface area contributed by atoms with E-state index in [-0.39, 0.29) is 12.7 Å². The van der Waals surface area contributed by atoms with Crippen molar-refractivity contribution >= 4 is 0 Å². The Morgan fingerprint density at radius 1 is 1.21 bits per heavy atom. The van der Waals surface area contributed by atoms with Crippen molar-refractivity contribution in [1.82, 2.24) is 0 Å². The molecule has 78 valence electrons. The SMILES string of the molecule is CCOc1ccc(OC(C)CO)cc1. The third-order valence-corrected chi connectivity index (χ3v) is 1.73. The van der Waals surface area contributed by atoms with Crippen LogP contribution in [0.2, 0.25) is 0 Å². The zero-order valence-electron chi connectivity index (χ0n) is 8.56. The molecule has 0 aliphatic rings. The number of hydrogen-bond acceptors (Lipinski definition) is 3. The van der Waals surface area contributed by atoms with E-state index in [0.29, 0.717) is 6.61 Å². The molecule has 1 aromatic carbocycles. The van der Waals surface area contributed by atoms with E-state index < -0.39 is 0 Å². The molecule has 0 saturated carbocycles. The molecule has 1 aromatic rings. The molecule has 3 nitrogen and oxygen atoms in total. The Hall–Kier alpha value is -1.22. The molecular formula is C11H16O3. The summed E-state index contributed by atoms with van der Waals surface area (Å²) < 4.78 is 10.7. The van der Waals surface area contributed by atoms with E-state index in [0.717, 1.165) is 11.5 Å². The first-order chi connectivity index (χ1) is 6.76. The number of rotatable bonds is 5. The zero-order valence-corrected chi connectivity index (χ0v) is 8.56. The smallest absolute Gasteiger partial charge is 0.120 e. The van der Waals surface area contributed by atoms with Gasteiger partial charge in [-0.1, -0.05) is 0 Å². The van der Waals surface area contributed by atoms with Crippen LogP contribution in [-0.4, -0.2) is 24.4 Å². The van der Waals surface area contributed by atoms with Crippen LogP contribution in [0.4, 0.5) is 0 Å². The summed E-state index contributed by atoms with van der Waals surface area (Å²) >= 11 is 0. The summed E-state index contributed by atoms with van der Waals surface area (Å²) in [7, 11) is 0. The fraction of sp³-hybridized carbons (Fsp3) is 0.455. The minimum atomic E-state index is -0.173. The van der Waals surface area contributed by atoms with E-state index in [9.17, 15) is 0 Å². The molecule has 3 heteroatoms. The highest BCUT2D eigenvalue weighted by Crippen LogP contribution is 2.18. The summed E-state index contributed by atoms with van der Waals surface area (Å²) in [6.07, 6.45) is -0.173. The molecule has 1 atom stereocenters. The Morgan fingerprint density at radius 3 is 2.29 bits per heavy atom. The molecule has 1 unspecified atom stereocenters. The van der Waals surface area contributed by atoms with Crippen LogP contribution in [0, 0.1) is 0 Å². The minimum absolute atomic E-state index is 0.0210. The highest BCUT2D eigenvalue weighted by atomic mass is 16.5. The molecule has 14 heavy (non-hydrogen) atoms. The third kappa shape index (κ3) is 3.26. The van der Waals surface area contributed by atoms with Crippen molar-refractivity contribution in [2.75, 3.05) is 13.2 Å². The Bertz CT molecular complexity index is 256. The molecular weight excluding hydrogens is 180 g/mol. The standard InChI is InChI=1S/C11H16O3/c1-3-13-10-4-6-11(7-5-10)14-9(2)8-12/h4-7,9,12H,3,8H2,1-2H3. The van der Waals surface area contributed by atoms with E-state index >= 15 is 0 Å². The quantitative estimate of drug-likeness (QED) is 0.781. The number of hydrogen-bond donors (Lipinski definition) is 1. The van der Waals surface area contributed by atoms with Gasteiger partial charge in [-0.3, -0.25) is 0 Å². The van der Waals surface area contributed by atoms with Crippen LogP contribution in [0.15, 0.2) is 24.3 Å². The summed E-state index contributed by atoms with van der Waals surface area (Å²) in [6.45, 7) is 4.44. The lowest BCUT2D eigenvalue weighted by Gasteiger charge is -2.12. The maximum atomic E-state index is 8.79. The molecule has 0 saturated heterocycles. The average molecular weight is 196 g/mol. The van der Waals surface area contributed by atoms with Crippen molar-refractivity contribution in [2.45, 2.75) is 20.0 Å². The first-order valence-electron chi connectivity index (χ1n) is 4.76. The topological polar surface area (TPSA) is 38.7 Å². The zero-order chi connectivity index (χ0) is 10.4. The van der Waals surface area contributed by atoms with Gasteiger partial charge in [-0.25, -0.2) is 0 Å². The number of benzene rings is 1. The van der Waals surface area contributed by atoms with Gasteiger partial charge in [-0.05, 0) is 38.1 Å². The predicted molar refractivity (Wildman–Crippen MR) is 54.8 cm³/mol. The second-order valence-corrected chi connectivity index (χ2v) is 3.02. The minimum Gasteiger partial charge on any atom is -0.494 e. The normalized spacial score (nSPS) is 12.2. The number of ether oxygens (including phenoxy) is 2. The lowest BCUT2D eigenvalue weighted by molar-refractivity contribution is 0.129. The van der Waals surface area contributed by atoms with Crippen molar-refractivity contribution in [1.29, 1.82) is 0 Å². The van der Waals surface area contributed by atoms with Gasteiger partial charge in [0.2, 0.25) is 0 Å². The Kier molecular flexibility index (Phi) is 4.26. The van der Waals surface area contributed by atoms with Crippen LogP contribution in [0.5, 0.6) is 11.5 Å². The van der Waals surface area contributed by atoms with Crippen molar-refractivity contribution in [3.63, 3.8) is 0 Å². The van der Waals surface area contributed by atoms with Gasteiger partial charge in [0.25, 0.3) is 0 Å². The second-order valence-electron chi connectivity index (χ2n) is 3.02. The first kappa shape index (κ1) is 10.9. The van der Waals surface area contributed by atoms with Gasteiger partial charge >= 0.3 is 0 Å². The van der Waals surface area contributed by atoms with Crippen molar-refractivity contribution in [2.24, 2.45) is 0 Å². The first-order valence-corrected chi connectivity index (χ1v) is 4.76. The monoisotopic (exact) mass is 196 g/mol. The molecule has 0 bridgehead atoms. The summed E-state index contributed by atoms with van der Waals surface area (Å²) in [4.78, 5) is 0. The molecule has 0 heterocycles. The van der Waals surface area contributed by atoms with Gasteiger partial charge in [0.15, 0.2) is 0 Å². The van der Waals surface area contributed by atoms with E-state index in [4.69, 9.17) is 14.6 Å². The molecule has 0 aliphatic heterocycles. The highest BCUT2D eigenvalue weighted by molar-refractivity contribution is 5.31. The molecule has 1 rings (SSSR count). The summed E-state index contributed by atoms with van der Waals surface area (Å²) in [5, 5.41) is 8.79. The van der Waals surface area contributed by atoms with Crippen LogP contribution >= 0.6 is 0 Å². The van der Waals surface area contributed by atoms with E-state index in [1.165, 1.54) is 0 Å². The van der Waals surface area contributed by atoms with E-state index in [1.807, 2.05) is 38.1 Å². The number of aliphatic hydroxyl groups excluding tert-OH is 1. The molecule has 0 aromatic heterocycles. The van der Waals surface area contributed by atoms with Gasteiger partial charge in [-0.15, -0.1) is 0 Å².